The summed E-state index contributed by atoms with van der Waals surface area (Å²) in [4.78, 5) is 25.3. The number of ether oxygens (including phenoxy) is 2. The fourth-order valence-corrected chi connectivity index (χ4v) is 3.54. The van der Waals surface area contributed by atoms with Gasteiger partial charge in [-0.2, -0.15) is 13.2 Å². The van der Waals surface area contributed by atoms with E-state index in [1.807, 2.05) is 0 Å². The Labute approximate surface area is 169 Å². The number of rotatable bonds is 5. The lowest BCUT2D eigenvalue weighted by molar-refractivity contribution is -0.287. The van der Waals surface area contributed by atoms with E-state index in [0.717, 1.165) is 0 Å². The summed E-state index contributed by atoms with van der Waals surface area (Å²) in [7, 11) is 2.61. The molecule has 7 nitrogen and oxygen atoms in total. The Kier molecular flexibility index (Phi) is 5.62. The molecule has 1 aliphatic rings. The van der Waals surface area contributed by atoms with Crippen molar-refractivity contribution in [1.29, 1.82) is 0 Å². The van der Waals surface area contributed by atoms with Crippen molar-refractivity contribution in [2.45, 2.75) is 17.9 Å². The van der Waals surface area contributed by atoms with Crippen LogP contribution in [0.1, 0.15) is 22.0 Å². The number of alkyl halides is 3. The summed E-state index contributed by atoms with van der Waals surface area (Å²) in [6.07, 6.45) is -5.34. The average Bonchev–Trinajstić information content (AvgIpc) is 2.71. The molecule has 160 valence electrons. The number of halogens is 3. The van der Waals surface area contributed by atoms with Crippen LogP contribution in [0.2, 0.25) is 0 Å². The largest absolute Gasteiger partial charge is 0.493 e. The maximum Gasteiger partial charge on any atom is 0.437 e. The van der Waals surface area contributed by atoms with Crippen LogP contribution in [0.3, 0.4) is 0 Å². The number of hydrogen-bond acceptors (Lipinski definition) is 5. The maximum atomic E-state index is 13.9. The molecule has 0 spiro atoms. The van der Waals surface area contributed by atoms with Crippen molar-refractivity contribution in [1.82, 2.24) is 10.6 Å². The third kappa shape index (κ3) is 3.54. The highest BCUT2D eigenvalue weighted by molar-refractivity contribution is 6.00. The zero-order chi connectivity index (χ0) is 22.1. The van der Waals surface area contributed by atoms with Gasteiger partial charge in [0, 0.05) is 11.1 Å². The van der Waals surface area contributed by atoms with Crippen molar-refractivity contribution < 1.29 is 37.3 Å². The molecule has 0 unspecified atom stereocenters. The number of methoxy groups -OCH3 is 2. The standard InChI is InChI=1S/C20H19F3N2O5/c1-29-13-10-6-9-12(17(13)30-2)15-14(16(26)11-7-4-3-5-8-11)19(28,20(21,22)23)25-18(27)24-15/h3-10,14-15,28H,1-2H3,(H2,24,25,27)/t14-,15+,19-/m0/s1. The third-order valence-corrected chi connectivity index (χ3v) is 4.92. The predicted octanol–water partition coefficient (Wildman–Crippen LogP) is 2.81. The Morgan fingerprint density at radius 1 is 1.07 bits per heavy atom. The summed E-state index contributed by atoms with van der Waals surface area (Å²) in [5, 5.41) is 14.4. The molecule has 0 bridgehead atoms. The van der Waals surface area contributed by atoms with E-state index >= 15 is 0 Å². The van der Waals surface area contributed by atoms with E-state index in [-0.39, 0.29) is 22.6 Å². The van der Waals surface area contributed by atoms with E-state index in [1.165, 1.54) is 62.0 Å². The molecule has 0 saturated carbocycles. The molecular formula is C20H19F3N2O5. The zero-order valence-electron chi connectivity index (χ0n) is 16.0. The average molecular weight is 424 g/mol. The first-order chi connectivity index (χ1) is 14.1. The Balaban J connectivity index is 2.24. The molecule has 2 aromatic rings. The van der Waals surface area contributed by atoms with Crippen LogP contribution in [0.15, 0.2) is 48.5 Å². The van der Waals surface area contributed by atoms with Gasteiger partial charge < -0.3 is 25.2 Å². The van der Waals surface area contributed by atoms with Gasteiger partial charge in [0.1, 0.15) is 5.92 Å². The smallest absolute Gasteiger partial charge is 0.437 e. The number of carbonyl (C=O) groups is 2. The van der Waals surface area contributed by atoms with Crippen LogP contribution in [0.5, 0.6) is 11.5 Å². The molecule has 0 radical (unpaired) electrons. The summed E-state index contributed by atoms with van der Waals surface area (Å²) >= 11 is 0. The molecule has 1 saturated heterocycles. The van der Waals surface area contributed by atoms with Crippen LogP contribution >= 0.6 is 0 Å². The minimum absolute atomic E-state index is 0.0302. The summed E-state index contributed by atoms with van der Waals surface area (Å²) in [5.41, 5.74) is -3.83. The number of aliphatic hydroxyl groups is 1. The van der Waals surface area contributed by atoms with Gasteiger partial charge in [0.2, 0.25) is 5.72 Å². The van der Waals surface area contributed by atoms with Crippen molar-refractivity contribution in [3.05, 3.63) is 59.7 Å². The topological polar surface area (TPSA) is 96.9 Å². The SMILES string of the molecule is COc1cccc([C@H]2NC(=O)N[C@@](O)(C(F)(F)F)[C@@H]2C(=O)c2ccccc2)c1OC. The zero-order valence-corrected chi connectivity index (χ0v) is 16.0. The van der Waals surface area contributed by atoms with Gasteiger partial charge in [0.15, 0.2) is 17.3 Å². The van der Waals surface area contributed by atoms with E-state index in [9.17, 15) is 27.9 Å². The van der Waals surface area contributed by atoms with Gasteiger partial charge in [-0.3, -0.25) is 4.79 Å². The van der Waals surface area contributed by atoms with Crippen molar-refractivity contribution in [2.75, 3.05) is 14.2 Å². The second-order valence-electron chi connectivity index (χ2n) is 6.63. The number of nitrogens with one attached hydrogen (secondary N) is 2. The van der Waals surface area contributed by atoms with Crippen LogP contribution in [0, 0.1) is 5.92 Å². The highest BCUT2D eigenvalue weighted by Crippen LogP contribution is 2.47. The van der Waals surface area contributed by atoms with Crippen LogP contribution < -0.4 is 20.1 Å². The molecule has 1 heterocycles. The quantitative estimate of drug-likeness (QED) is 0.642. The first-order valence-corrected chi connectivity index (χ1v) is 8.82. The Morgan fingerprint density at radius 2 is 1.73 bits per heavy atom. The summed E-state index contributed by atoms with van der Waals surface area (Å²) in [5.74, 6) is -2.96. The molecule has 2 amide bonds. The third-order valence-electron chi connectivity index (χ3n) is 4.92. The van der Waals surface area contributed by atoms with E-state index in [1.54, 1.807) is 6.07 Å². The molecule has 10 heteroatoms. The predicted molar refractivity (Wildman–Crippen MR) is 99.2 cm³/mol. The van der Waals surface area contributed by atoms with Gasteiger partial charge in [0.05, 0.1) is 20.3 Å². The van der Waals surface area contributed by atoms with E-state index in [2.05, 4.69) is 5.32 Å². The van der Waals surface area contributed by atoms with Crippen molar-refractivity contribution in [2.24, 2.45) is 5.92 Å². The number of hydrogen-bond donors (Lipinski definition) is 3. The van der Waals surface area contributed by atoms with Crippen molar-refractivity contribution in [3.8, 4) is 11.5 Å². The fraction of sp³-hybridized carbons (Fsp3) is 0.300. The van der Waals surface area contributed by atoms with E-state index < -0.39 is 35.7 Å². The monoisotopic (exact) mass is 424 g/mol. The number of para-hydroxylation sites is 1. The number of Topliss-reactive ketones (excluding diaryl/α,β-unsaturated/α-hetero) is 1. The summed E-state index contributed by atoms with van der Waals surface area (Å²) in [6, 6.07) is 8.73. The van der Waals surface area contributed by atoms with Crippen LogP contribution in [0.25, 0.3) is 0 Å². The Bertz CT molecular complexity index is 951. The molecule has 3 atom stereocenters. The van der Waals surface area contributed by atoms with Gasteiger partial charge in [-0.1, -0.05) is 42.5 Å². The first kappa shape index (κ1) is 21.4. The number of benzene rings is 2. The summed E-state index contributed by atoms with van der Waals surface area (Å²) in [6.45, 7) is 0. The molecular weight excluding hydrogens is 405 g/mol. The van der Waals surface area contributed by atoms with Gasteiger partial charge in [0.25, 0.3) is 0 Å². The van der Waals surface area contributed by atoms with Crippen molar-refractivity contribution >= 4 is 11.8 Å². The van der Waals surface area contributed by atoms with Crippen LogP contribution in [-0.2, 0) is 0 Å². The first-order valence-electron chi connectivity index (χ1n) is 8.82. The van der Waals surface area contributed by atoms with Gasteiger partial charge in [-0.25, -0.2) is 4.79 Å². The molecule has 0 aromatic heterocycles. The highest BCUT2D eigenvalue weighted by atomic mass is 19.4. The van der Waals surface area contributed by atoms with Crippen LogP contribution in [-0.4, -0.2) is 43.0 Å². The molecule has 1 fully saturated rings. The number of carbonyl (C=O) groups excluding carboxylic acids is 2. The number of ketones is 1. The fourth-order valence-electron chi connectivity index (χ4n) is 3.54. The van der Waals surface area contributed by atoms with E-state index in [0.29, 0.717) is 0 Å². The van der Waals surface area contributed by atoms with Gasteiger partial charge in [-0.15, -0.1) is 0 Å². The van der Waals surface area contributed by atoms with Gasteiger partial charge >= 0.3 is 12.2 Å². The molecule has 3 rings (SSSR count). The Hall–Kier alpha value is -3.27. The number of amides is 2. The maximum absolute atomic E-state index is 13.9. The van der Waals surface area contributed by atoms with E-state index in [4.69, 9.17) is 9.47 Å². The molecule has 0 aliphatic carbocycles. The molecule has 1 aliphatic heterocycles. The number of urea groups is 1. The molecule has 2 aromatic carbocycles. The lowest BCUT2D eigenvalue weighted by Gasteiger charge is -2.45. The lowest BCUT2D eigenvalue weighted by atomic mass is 9.77. The van der Waals surface area contributed by atoms with Crippen LogP contribution in [0.4, 0.5) is 18.0 Å². The minimum atomic E-state index is -5.34. The lowest BCUT2D eigenvalue weighted by Crippen LogP contribution is -2.72. The second kappa shape index (κ2) is 7.86. The highest BCUT2D eigenvalue weighted by Gasteiger charge is 2.66. The minimum Gasteiger partial charge on any atom is -0.493 e. The van der Waals surface area contributed by atoms with Gasteiger partial charge in [-0.05, 0) is 6.07 Å². The normalized spacial score (nSPS) is 23.9. The molecule has 30 heavy (non-hydrogen) atoms. The summed E-state index contributed by atoms with van der Waals surface area (Å²) < 4.78 is 52.3. The Morgan fingerprint density at radius 3 is 2.30 bits per heavy atom. The molecule has 3 N–H and O–H groups in total. The second-order valence-corrected chi connectivity index (χ2v) is 6.63. The van der Waals surface area contributed by atoms with Crippen molar-refractivity contribution in [3.63, 3.8) is 0 Å².